The van der Waals surface area contributed by atoms with E-state index in [0.717, 1.165) is 16.5 Å². The lowest BCUT2D eigenvalue weighted by Gasteiger charge is -2.24. The van der Waals surface area contributed by atoms with Crippen molar-refractivity contribution in [2.45, 2.75) is 39.7 Å². The molecule has 0 saturated carbocycles. The van der Waals surface area contributed by atoms with E-state index in [1.54, 1.807) is 27.7 Å². The number of nitrogens with one attached hydrogen (secondary N) is 2. The standard InChI is InChI=1S/C20H24N4O3/c1-12(16-17(25)23-19(27)24(18(16)26)20(2,3)4)21-10-9-13-11-22-15-8-6-5-7-14(13)15/h5-8,11,22,26H,9-10H2,1-4H3,(H,23,25,27). The topological polar surface area (TPSA) is 103 Å². The normalized spacial score (nSPS) is 12.7. The molecule has 0 fully saturated rings. The number of nitrogens with zero attached hydrogens (tertiary/aromatic N) is 2. The van der Waals surface area contributed by atoms with Crippen LogP contribution in [0.25, 0.3) is 10.9 Å². The molecular formula is C20H24N4O3. The summed E-state index contributed by atoms with van der Waals surface area (Å²) in [6.45, 7) is 7.46. The summed E-state index contributed by atoms with van der Waals surface area (Å²) in [5.74, 6) is -0.357. The fourth-order valence-corrected chi connectivity index (χ4v) is 3.24. The quantitative estimate of drug-likeness (QED) is 0.617. The summed E-state index contributed by atoms with van der Waals surface area (Å²) in [4.78, 5) is 34.3. The maximum Gasteiger partial charge on any atom is 0.331 e. The van der Waals surface area contributed by atoms with Crippen LogP contribution < -0.4 is 11.2 Å². The van der Waals surface area contributed by atoms with Gasteiger partial charge >= 0.3 is 5.69 Å². The molecule has 0 unspecified atom stereocenters. The summed E-state index contributed by atoms with van der Waals surface area (Å²) in [6, 6.07) is 8.03. The third-order valence-electron chi connectivity index (χ3n) is 4.52. The Balaban J connectivity index is 1.90. The van der Waals surface area contributed by atoms with E-state index in [2.05, 4.69) is 15.0 Å². The van der Waals surface area contributed by atoms with Crippen LogP contribution in [0.4, 0.5) is 0 Å². The Morgan fingerprint density at radius 3 is 2.63 bits per heavy atom. The van der Waals surface area contributed by atoms with Gasteiger partial charge in [-0.3, -0.25) is 19.3 Å². The largest absolute Gasteiger partial charge is 0.494 e. The molecule has 0 aliphatic heterocycles. The van der Waals surface area contributed by atoms with Crippen LogP contribution >= 0.6 is 0 Å². The van der Waals surface area contributed by atoms with Crippen LogP contribution in [0, 0.1) is 0 Å². The molecule has 0 aliphatic rings. The van der Waals surface area contributed by atoms with Crippen molar-refractivity contribution < 1.29 is 5.11 Å². The highest BCUT2D eigenvalue weighted by atomic mass is 16.3. The van der Waals surface area contributed by atoms with Crippen molar-refractivity contribution in [2.75, 3.05) is 6.54 Å². The maximum atomic E-state index is 12.2. The molecule has 3 N–H and O–H groups in total. The molecule has 0 radical (unpaired) electrons. The van der Waals surface area contributed by atoms with Gasteiger partial charge in [-0.25, -0.2) is 4.79 Å². The Morgan fingerprint density at radius 2 is 1.93 bits per heavy atom. The molecular weight excluding hydrogens is 344 g/mol. The number of benzene rings is 1. The first-order chi connectivity index (χ1) is 12.7. The smallest absolute Gasteiger partial charge is 0.331 e. The fourth-order valence-electron chi connectivity index (χ4n) is 3.24. The van der Waals surface area contributed by atoms with Gasteiger partial charge in [-0.2, -0.15) is 0 Å². The summed E-state index contributed by atoms with van der Waals surface area (Å²) >= 11 is 0. The van der Waals surface area contributed by atoms with Gasteiger partial charge in [0.15, 0.2) is 0 Å². The van der Waals surface area contributed by atoms with E-state index in [4.69, 9.17) is 0 Å². The van der Waals surface area contributed by atoms with Gasteiger partial charge in [-0.1, -0.05) is 18.2 Å². The van der Waals surface area contributed by atoms with Crippen molar-refractivity contribution in [3.63, 3.8) is 0 Å². The molecule has 0 saturated heterocycles. The number of fused-ring (bicyclic) bond motifs is 1. The van der Waals surface area contributed by atoms with Gasteiger partial charge in [-0.05, 0) is 45.7 Å². The minimum absolute atomic E-state index is 0.0310. The number of para-hydroxylation sites is 1. The number of H-pyrrole nitrogens is 2. The van der Waals surface area contributed by atoms with E-state index in [1.165, 1.54) is 4.57 Å². The molecule has 3 aromatic rings. The van der Waals surface area contributed by atoms with Gasteiger partial charge in [0.2, 0.25) is 5.88 Å². The van der Waals surface area contributed by atoms with Gasteiger partial charge in [0.05, 0.1) is 0 Å². The number of rotatable bonds is 4. The maximum absolute atomic E-state index is 12.2. The van der Waals surface area contributed by atoms with Gasteiger partial charge < -0.3 is 10.1 Å². The van der Waals surface area contributed by atoms with E-state index in [9.17, 15) is 14.7 Å². The number of aliphatic imine (C=N–C) groups is 1. The first kappa shape index (κ1) is 18.7. The highest BCUT2D eigenvalue weighted by molar-refractivity contribution is 6.00. The number of aromatic hydroxyl groups is 1. The molecule has 2 aromatic heterocycles. The van der Waals surface area contributed by atoms with Gasteiger partial charge in [0.25, 0.3) is 5.56 Å². The number of hydrogen-bond donors (Lipinski definition) is 3. The number of hydrogen-bond acceptors (Lipinski definition) is 4. The van der Waals surface area contributed by atoms with E-state index < -0.39 is 16.8 Å². The fraction of sp³-hybridized carbons (Fsp3) is 0.350. The highest BCUT2D eigenvalue weighted by Crippen LogP contribution is 2.21. The van der Waals surface area contributed by atoms with Crippen molar-refractivity contribution in [2.24, 2.45) is 4.99 Å². The van der Waals surface area contributed by atoms with Crippen molar-refractivity contribution >= 4 is 16.6 Å². The molecule has 3 rings (SSSR count). The molecule has 0 bridgehead atoms. The van der Waals surface area contributed by atoms with Crippen molar-refractivity contribution in [3.8, 4) is 5.88 Å². The average molecular weight is 368 g/mol. The summed E-state index contributed by atoms with van der Waals surface area (Å²) in [7, 11) is 0. The van der Waals surface area contributed by atoms with Crippen LogP contribution in [-0.2, 0) is 12.0 Å². The van der Waals surface area contributed by atoms with Crippen LogP contribution in [0.1, 0.15) is 38.8 Å². The van der Waals surface area contributed by atoms with Crippen LogP contribution in [0.15, 0.2) is 45.0 Å². The first-order valence-electron chi connectivity index (χ1n) is 8.85. The summed E-state index contributed by atoms with van der Waals surface area (Å²) < 4.78 is 1.17. The molecule has 142 valence electrons. The monoisotopic (exact) mass is 368 g/mol. The van der Waals surface area contributed by atoms with E-state index in [1.807, 2.05) is 30.5 Å². The third kappa shape index (κ3) is 3.58. The molecule has 0 aliphatic carbocycles. The second-order valence-corrected chi connectivity index (χ2v) is 7.54. The predicted molar refractivity (Wildman–Crippen MR) is 107 cm³/mol. The van der Waals surface area contributed by atoms with Crippen LogP contribution in [0.5, 0.6) is 5.88 Å². The summed E-state index contributed by atoms with van der Waals surface area (Å²) in [5.41, 5.74) is 0.686. The zero-order chi connectivity index (χ0) is 19.8. The van der Waals surface area contributed by atoms with Crippen LogP contribution in [0.2, 0.25) is 0 Å². The molecule has 0 spiro atoms. The highest BCUT2D eigenvalue weighted by Gasteiger charge is 2.24. The second-order valence-electron chi connectivity index (χ2n) is 7.54. The molecule has 1 aromatic carbocycles. The molecule has 0 atom stereocenters. The van der Waals surface area contributed by atoms with Gasteiger partial charge in [0, 0.05) is 34.9 Å². The Hall–Kier alpha value is -3.09. The van der Waals surface area contributed by atoms with Gasteiger partial charge in [-0.15, -0.1) is 0 Å². The lowest BCUT2D eigenvalue weighted by Crippen LogP contribution is -2.40. The van der Waals surface area contributed by atoms with E-state index in [-0.39, 0.29) is 11.4 Å². The molecule has 7 heteroatoms. The van der Waals surface area contributed by atoms with Crippen LogP contribution in [-0.4, -0.2) is 31.9 Å². The SMILES string of the molecule is CC(=NCCc1c[nH]c2ccccc12)c1c(O)n(C(C)(C)C)c(=O)[nH]c1=O. The van der Waals surface area contributed by atoms with E-state index in [0.29, 0.717) is 18.7 Å². The molecule has 27 heavy (non-hydrogen) atoms. The van der Waals surface area contributed by atoms with Crippen molar-refractivity contribution in [1.29, 1.82) is 0 Å². The summed E-state index contributed by atoms with van der Waals surface area (Å²) in [6.07, 6.45) is 2.65. The zero-order valence-electron chi connectivity index (χ0n) is 16.0. The Bertz CT molecular complexity index is 1130. The Kier molecular flexibility index (Phi) is 4.78. The molecule has 0 amide bonds. The second kappa shape index (κ2) is 6.90. The van der Waals surface area contributed by atoms with Crippen molar-refractivity contribution in [1.82, 2.24) is 14.5 Å². The minimum Gasteiger partial charge on any atom is -0.494 e. The minimum atomic E-state index is -0.676. The zero-order valence-corrected chi connectivity index (χ0v) is 16.0. The lowest BCUT2D eigenvalue weighted by molar-refractivity contribution is 0.305. The number of aromatic amines is 2. The average Bonchev–Trinajstić information content (AvgIpc) is 2.96. The molecule has 7 nitrogen and oxygen atoms in total. The van der Waals surface area contributed by atoms with Gasteiger partial charge in [0.1, 0.15) is 5.56 Å². The predicted octanol–water partition coefficient (Wildman–Crippen LogP) is 2.53. The molecule has 2 heterocycles. The van der Waals surface area contributed by atoms with E-state index >= 15 is 0 Å². The van der Waals surface area contributed by atoms with Crippen molar-refractivity contribution in [3.05, 3.63) is 62.4 Å². The lowest BCUT2D eigenvalue weighted by atomic mass is 10.1. The Labute approximate surface area is 156 Å². The third-order valence-corrected chi connectivity index (χ3v) is 4.52. The Morgan fingerprint density at radius 1 is 1.22 bits per heavy atom. The number of aromatic nitrogens is 3. The van der Waals surface area contributed by atoms with Crippen LogP contribution in [0.3, 0.4) is 0 Å². The summed E-state index contributed by atoms with van der Waals surface area (Å²) in [5, 5.41) is 11.7. The first-order valence-corrected chi connectivity index (χ1v) is 8.85.